The van der Waals surface area contributed by atoms with Crippen molar-refractivity contribution in [2.75, 3.05) is 7.05 Å². The number of hydrogen-bond acceptors (Lipinski definition) is 2. The molecule has 5 heteroatoms. The Morgan fingerprint density at radius 2 is 2.24 bits per heavy atom. The molecule has 17 heavy (non-hydrogen) atoms. The summed E-state index contributed by atoms with van der Waals surface area (Å²) < 4.78 is 2.84. The van der Waals surface area contributed by atoms with Gasteiger partial charge in [0.1, 0.15) is 0 Å². The molecule has 0 spiro atoms. The topological polar surface area (TPSA) is 29.9 Å². The van der Waals surface area contributed by atoms with Crippen molar-refractivity contribution < 1.29 is 0 Å². The monoisotopic (exact) mass is 313 g/mol. The lowest BCUT2D eigenvalue weighted by atomic mass is 10.0. The summed E-state index contributed by atoms with van der Waals surface area (Å²) in [5.74, 6) is 0. The van der Waals surface area contributed by atoms with Crippen LogP contribution in [0.3, 0.4) is 0 Å². The van der Waals surface area contributed by atoms with Crippen LogP contribution in [0, 0.1) is 0 Å². The first kappa shape index (κ1) is 12.6. The van der Waals surface area contributed by atoms with Gasteiger partial charge in [0.05, 0.1) is 22.4 Å². The summed E-state index contributed by atoms with van der Waals surface area (Å²) in [5, 5.41) is 8.25. The zero-order chi connectivity index (χ0) is 12.4. The van der Waals surface area contributed by atoms with E-state index in [2.05, 4.69) is 26.3 Å². The van der Waals surface area contributed by atoms with Crippen LogP contribution in [-0.2, 0) is 7.05 Å². The molecule has 0 saturated carbocycles. The molecule has 0 saturated heterocycles. The van der Waals surface area contributed by atoms with Gasteiger partial charge in [0.2, 0.25) is 0 Å². The summed E-state index contributed by atoms with van der Waals surface area (Å²) >= 11 is 9.54. The van der Waals surface area contributed by atoms with E-state index in [0.717, 1.165) is 20.8 Å². The second-order valence-corrected chi connectivity index (χ2v) is 5.07. The van der Waals surface area contributed by atoms with Crippen LogP contribution >= 0.6 is 27.5 Å². The van der Waals surface area contributed by atoms with Crippen molar-refractivity contribution in [3.8, 4) is 0 Å². The smallest absolute Gasteiger partial charge is 0.0757 e. The lowest BCUT2D eigenvalue weighted by molar-refractivity contribution is 0.604. The van der Waals surface area contributed by atoms with Gasteiger partial charge in [-0.05, 0) is 40.7 Å². The Morgan fingerprint density at radius 3 is 2.76 bits per heavy atom. The lowest BCUT2D eigenvalue weighted by Gasteiger charge is -2.18. The third-order valence-corrected chi connectivity index (χ3v) is 3.53. The Hall–Kier alpha value is -0.840. The third kappa shape index (κ3) is 2.54. The van der Waals surface area contributed by atoms with Crippen LogP contribution < -0.4 is 5.32 Å². The van der Waals surface area contributed by atoms with E-state index in [-0.39, 0.29) is 6.04 Å². The Kier molecular flexibility index (Phi) is 3.86. The molecule has 3 nitrogen and oxygen atoms in total. The Morgan fingerprint density at radius 1 is 1.47 bits per heavy atom. The molecule has 0 aliphatic rings. The zero-order valence-electron chi connectivity index (χ0n) is 9.61. The molecular formula is C12H13BrClN3. The van der Waals surface area contributed by atoms with Crippen LogP contribution in [0.25, 0.3) is 0 Å². The van der Waals surface area contributed by atoms with Crippen LogP contribution in [0.4, 0.5) is 0 Å². The molecule has 0 fully saturated rings. The van der Waals surface area contributed by atoms with E-state index in [1.165, 1.54) is 0 Å². The van der Waals surface area contributed by atoms with Gasteiger partial charge in [0, 0.05) is 12.1 Å². The fraction of sp³-hybridized carbons (Fsp3) is 0.250. The van der Waals surface area contributed by atoms with Gasteiger partial charge in [-0.1, -0.05) is 23.7 Å². The maximum atomic E-state index is 6.02. The summed E-state index contributed by atoms with van der Waals surface area (Å²) in [5.41, 5.74) is 2.19. The van der Waals surface area contributed by atoms with E-state index in [4.69, 9.17) is 11.6 Å². The highest BCUT2D eigenvalue weighted by atomic mass is 79.9. The molecule has 1 atom stereocenters. The first-order valence-electron chi connectivity index (χ1n) is 5.23. The van der Waals surface area contributed by atoms with Gasteiger partial charge in [-0.25, -0.2) is 0 Å². The second kappa shape index (κ2) is 5.21. The van der Waals surface area contributed by atoms with Gasteiger partial charge in [0.15, 0.2) is 0 Å². The first-order chi connectivity index (χ1) is 8.13. The van der Waals surface area contributed by atoms with E-state index in [1.54, 1.807) is 6.20 Å². The van der Waals surface area contributed by atoms with Gasteiger partial charge >= 0.3 is 0 Å². The van der Waals surface area contributed by atoms with Crippen molar-refractivity contribution in [2.24, 2.45) is 7.05 Å². The first-order valence-corrected chi connectivity index (χ1v) is 6.40. The maximum Gasteiger partial charge on any atom is 0.0757 e. The highest BCUT2D eigenvalue weighted by Gasteiger charge is 2.19. The molecule has 0 bridgehead atoms. The molecule has 0 aliphatic heterocycles. The van der Waals surface area contributed by atoms with E-state index in [9.17, 15) is 0 Å². The maximum absolute atomic E-state index is 6.02. The fourth-order valence-electron chi connectivity index (χ4n) is 1.89. The normalized spacial score (nSPS) is 12.7. The number of nitrogens with zero attached hydrogens (tertiary/aromatic N) is 2. The van der Waals surface area contributed by atoms with Crippen molar-refractivity contribution in [1.82, 2.24) is 15.1 Å². The molecule has 2 aromatic rings. The van der Waals surface area contributed by atoms with Gasteiger partial charge in [-0.2, -0.15) is 5.10 Å². The average molecular weight is 315 g/mol. The van der Waals surface area contributed by atoms with Gasteiger partial charge in [0.25, 0.3) is 0 Å². The predicted octanol–water partition coefficient (Wildman–Crippen LogP) is 3.14. The third-order valence-electron chi connectivity index (χ3n) is 2.68. The Labute approximate surface area is 114 Å². The molecular weight excluding hydrogens is 302 g/mol. The number of hydrogen-bond donors (Lipinski definition) is 1. The standard InChI is InChI=1S/C12H13BrClN3/c1-15-11(8-4-3-5-9(14)6-8)12-10(13)7-16-17(12)2/h3-7,11,15H,1-2H3. The Balaban J connectivity index is 2.47. The van der Waals surface area contributed by atoms with Crippen LogP contribution in [0.15, 0.2) is 34.9 Å². The van der Waals surface area contributed by atoms with E-state index >= 15 is 0 Å². The molecule has 1 aromatic carbocycles. The molecule has 1 unspecified atom stereocenters. The summed E-state index contributed by atoms with van der Waals surface area (Å²) in [6, 6.07) is 7.90. The highest BCUT2D eigenvalue weighted by molar-refractivity contribution is 9.10. The van der Waals surface area contributed by atoms with E-state index in [1.807, 2.05) is 43.0 Å². The molecule has 1 heterocycles. The van der Waals surface area contributed by atoms with Crippen molar-refractivity contribution >= 4 is 27.5 Å². The summed E-state index contributed by atoms with van der Waals surface area (Å²) in [6.45, 7) is 0. The Bertz CT molecular complexity index is 505. The summed E-state index contributed by atoms with van der Waals surface area (Å²) in [7, 11) is 3.85. The number of aromatic nitrogens is 2. The van der Waals surface area contributed by atoms with Crippen molar-refractivity contribution in [3.63, 3.8) is 0 Å². The molecule has 0 aliphatic carbocycles. The van der Waals surface area contributed by atoms with Gasteiger partial charge in [-0.3, -0.25) is 4.68 Å². The van der Waals surface area contributed by atoms with Crippen LogP contribution in [0.2, 0.25) is 5.02 Å². The number of aryl methyl sites for hydroxylation is 1. The number of rotatable bonds is 3. The zero-order valence-corrected chi connectivity index (χ0v) is 12.0. The minimum atomic E-state index is 0.0653. The second-order valence-electron chi connectivity index (χ2n) is 3.78. The lowest BCUT2D eigenvalue weighted by Crippen LogP contribution is -2.21. The number of halogens is 2. The fourth-order valence-corrected chi connectivity index (χ4v) is 2.67. The minimum absolute atomic E-state index is 0.0653. The quantitative estimate of drug-likeness (QED) is 0.943. The minimum Gasteiger partial charge on any atom is -0.308 e. The van der Waals surface area contributed by atoms with Crippen LogP contribution in [0.1, 0.15) is 17.3 Å². The van der Waals surface area contributed by atoms with Crippen molar-refractivity contribution in [2.45, 2.75) is 6.04 Å². The summed E-state index contributed by atoms with van der Waals surface area (Å²) in [4.78, 5) is 0. The highest BCUT2D eigenvalue weighted by Crippen LogP contribution is 2.28. The van der Waals surface area contributed by atoms with Crippen LogP contribution in [0.5, 0.6) is 0 Å². The van der Waals surface area contributed by atoms with E-state index in [0.29, 0.717) is 0 Å². The largest absolute Gasteiger partial charge is 0.308 e. The molecule has 1 N–H and O–H groups in total. The number of nitrogens with one attached hydrogen (secondary N) is 1. The summed E-state index contributed by atoms with van der Waals surface area (Å²) in [6.07, 6.45) is 1.80. The van der Waals surface area contributed by atoms with Crippen molar-refractivity contribution in [1.29, 1.82) is 0 Å². The molecule has 0 amide bonds. The van der Waals surface area contributed by atoms with Gasteiger partial charge < -0.3 is 5.32 Å². The predicted molar refractivity (Wildman–Crippen MR) is 73.3 cm³/mol. The SMILES string of the molecule is CNC(c1cccc(Cl)c1)c1c(Br)cnn1C. The van der Waals surface area contributed by atoms with Crippen LogP contribution in [-0.4, -0.2) is 16.8 Å². The van der Waals surface area contributed by atoms with Gasteiger partial charge in [-0.15, -0.1) is 0 Å². The van der Waals surface area contributed by atoms with E-state index < -0.39 is 0 Å². The average Bonchev–Trinajstić information content (AvgIpc) is 2.62. The molecule has 90 valence electrons. The molecule has 0 radical (unpaired) electrons. The molecule has 2 rings (SSSR count). The number of benzene rings is 1. The molecule has 1 aromatic heterocycles. The van der Waals surface area contributed by atoms with Crippen molar-refractivity contribution in [3.05, 3.63) is 51.2 Å².